The third-order valence-corrected chi connectivity index (χ3v) is 6.96. The van der Waals surface area contributed by atoms with Crippen molar-refractivity contribution in [3.63, 3.8) is 0 Å². The summed E-state index contributed by atoms with van der Waals surface area (Å²) in [6, 6.07) is 9.00. The van der Waals surface area contributed by atoms with Gasteiger partial charge < -0.3 is 20.6 Å². The van der Waals surface area contributed by atoms with E-state index in [1.54, 1.807) is 0 Å². The quantitative estimate of drug-likeness (QED) is 0.303. The lowest BCUT2D eigenvalue weighted by atomic mass is 9.76. The van der Waals surface area contributed by atoms with E-state index >= 15 is 0 Å². The van der Waals surface area contributed by atoms with Crippen LogP contribution in [0.3, 0.4) is 0 Å². The van der Waals surface area contributed by atoms with Gasteiger partial charge in [-0.05, 0) is 72.4 Å². The summed E-state index contributed by atoms with van der Waals surface area (Å²) in [5.41, 5.74) is 5.02. The highest BCUT2D eigenvalue weighted by atomic mass is 19.1. The summed E-state index contributed by atoms with van der Waals surface area (Å²) < 4.78 is 27.5. The van der Waals surface area contributed by atoms with E-state index in [9.17, 15) is 18.7 Å². The van der Waals surface area contributed by atoms with E-state index in [0.717, 1.165) is 31.0 Å². The second-order valence-electron chi connectivity index (χ2n) is 11.6. The Hall–Kier alpha value is -2.84. The first-order chi connectivity index (χ1) is 17.9. The van der Waals surface area contributed by atoms with Crippen molar-refractivity contribution < 1.29 is 23.5 Å². The third-order valence-electron chi connectivity index (χ3n) is 6.96. The fraction of sp³-hybridized carbons (Fsp3) is 0.533. The first-order valence-corrected chi connectivity index (χ1v) is 13.2. The summed E-state index contributed by atoms with van der Waals surface area (Å²) >= 11 is 0. The highest BCUT2D eigenvalue weighted by Crippen LogP contribution is 2.37. The third kappa shape index (κ3) is 8.33. The Labute approximate surface area is 224 Å². The molecule has 6 nitrogen and oxygen atoms in total. The van der Waals surface area contributed by atoms with Crippen molar-refractivity contribution in [1.82, 2.24) is 10.6 Å². The summed E-state index contributed by atoms with van der Waals surface area (Å²) in [7, 11) is 1.53. The molecule has 2 aromatic carbocycles. The van der Waals surface area contributed by atoms with Crippen LogP contribution >= 0.6 is 0 Å². The Balaban J connectivity index is 1.87. The highest BCUT2D eigenvalue weighted by molar-refractivity contribution is 5.85. The molecule has 0 saturated heterocycles. The standard InChI is InChI=1S/C30H41F2N3O3/c1-18(35-38-6)25-10-9-22-8-7-20(16-30(3,4)5)13-26(22)29(25)33-17-28(37)27(34-19(2)36)14-21-11-23(31)15-24(32)12-21/h7-8,11-13,15,25,27-29,33,37H,9-10,14,16-17H2,1-6H3,(H,34,36)/b35-18+. The lowest BCUT2D eigenvalue weighted by Crippen LogP contribution is -2.49. The van der Waals surface area contributed by atoms with Crippen molar-refractivity contribution in [3.05, 3.63) is 70.3 Å². The molecule has 2 aromatic rings. The fourth-order valence-corrected chi connectivity index (χ4v) is 5.41. The van der Waals surface area contributed by atoms with Crippen LogP contribution in [0.4, 0.5) is 8.78 Å². The van der Waals surface area contributed by atoms with Gasteiger partial charge in [-0.15, -0.1) is 0 Å². The SMILES string of the molecule is CO/N=C(\C)C1CCc2ccc(CC(C)(C)C)cc2C1NCC(O)C(Cc1cc(F)cc(F)c1)NC(C)=O. The molecule has 0 aromatic heterocycles. The van der Waals surface area contributed by atoms with Crippen LogP contribution in [0.2, 0.25) is 0 Å². The number of aliphatic hydroxyl groups excluding tert-OH is 1. The smallest absolute Gasteiger partial charge is 0.217 e. The van der Waals surface area contributed by atoms with Crippen molar-refractivity contribution >= 4 is 11.6 Å². The number of oxime groups is 1. The number of benzene rings is 2. The zero-order valence-corrected chi connectivity index (χ0v) is 23.3. The summed E-state index contributed by atoms with van der Waals surface area (Å²) in [6.45, 7) is 10.1. The number of rotatable bonds is 10. The maximum Gasteiger partial charge on any atom is 0.217 e. The van der Waals surface area contributed by atoms with Gasteiger partial charge in [0, 0.05) is 31.5 Å². The van der Waals surface area contributed by atoms with Gasteiger partial charge in [0.15, 0.2) is 0 Å². The van der Waals surface area contributed by atoms with Crippen LogP contribution in [-0.2, 0) is 28.9 Å². The van der Waals surface area contributed by atoms with E-state index in [1.807, 2.05) is 6.92 Å². The van der Waals surface area contributed by atoms with Crippen LogP contribution in [0.5, 0.6) is 0 Å². The molecule has 1 amide bonds. The molecule has 0 heterocycles. The zero-order chi connectivity index (χ0) is 28.0. The van der Waals surface area contributed by atoms with Gasteiger partial charge in [0.2, 0.25) is 5.91 Å². The van der Waals surface area contributed by atoms with E-state index in [1.165, 1.54) is 42.9 Å². The molecule has 208 valence electrons. The molecule has 8 heteroatoms. The van der Waals surface area contributed by atoms with E-state index in [-0.39, 0.29) is 36.2 Å². The van der Waals surface area contributed by atoms with Crippen LogP contribution < -0.4 is 10.6 Å². The van der Waals surface area contributed by atoms with Crippen LogP contribution in [0.15, 0.2) is 41.6 Å². The average Bonchev–Trinajstić information content (AvgIpc) is 2.80. The van der Waals surface area contributed by atoms with Gasteiger partial charge in [0.05, 0.1) is 17.9 Å². The Bertz CT molecular complexity index is 1130. The van der Waals surface area contributed by atoms with Gasteiger partial charge in [0.1, 0.15) is 18.7 Å². The highest BCUT2D eigenvalue weighted by Gasteiger charge is 2.33. The molecule has 0 spiro atoms. The molecule has 0 fully saturated rings. The van der Waals surface area contributed by atoms with E-state index in [4.69, 9.17) is 4.84 Å². The Kier molecular flexibility index (Phi) is 10.0. The predicted octanol–water partition coefficient (Wildman–Crippen LogP) is 4.88. The molecule has 4 atom stereocenters. The number of amides is 1. The second-order valence-corrected chi connectivity index (χ2v) is 11.6. The molecule has 1 aliphatic carbocycles. The second kappa shape index (κ2) is 12.8. The minimum atomic E-state index is -1.01. The van der Waals surface area contributed by atoms with E-state index < -0.39 is 23.8 Å². The van der Waals surface area contributed by atoms with Crippen molar-refractivity contribution in [2.75, 3.05) is 13.7 Å². The normalized spacial score (nSPS) is 19.4. The van der Waals surface area contributed by atoms with Gasteiger partial charge in [-0.3, -0.25) is 4.79 Å². The average molecular weight is 530 g/mol. The number of fused-ring (bicyclic) bond motifs is 1. The maximum atomic E-state index is 13.8. The number of hydrogen-bond acceptors (Lipinski definition) is 5. The number of hydrogen-bond donors (Lipinski definition) is 3. The van der Waals surface area contributed by atoms with E-state index in [2.05, 4.69) is 54.8 Å². The number of carbonyl (C=O) groups is 1. The summed E-state index contributed by atoms with van der Waals surface area (Å²) in [5, 5.41) is 21.6. The van der Waals surface area contributed by atoms with Crippen molar-refractivity contribution in [1.29, 1.82) is 0 Å². The number of aliphatic hydroxyl groups is 1. The Morgan fingerprint density at radius 1 is 1.13 bits per heavy atom. The summed E-state index contributed by atoms with van der Waals surface area (Å²) in [6.07, 6.45) is 1.79. The van der Waals surface area contributed by atoms with Crippen molar-refractivity contribution in [2.24, 2.45) is 16.5 Å². The van der Waals surface area contributed by atoms with Crippen LogP contribution in [0.1, 0.15) is 69.3 Å². The number of nitrogens with one attached hydrogen (secondary N) is 2. The molecule has 0 aliphatic heterocycles. The first-order valence-electron chi connectivity index (χ1n) is 13.2. The number of halogens is 2. The number of nitrogens with zero attached hydrogens (tertiary/aromatic N) is 1. The van der Waals surface area contributed by atoms with Gasteiger partial charge in [-0.25, -0.2) is 8.78 Å². The van der Waals surface area contributed by atoms with Crippen LogP contribution in [0, 0.1) is 23.0 Å². The summed E-state index contributed by atoms with van der Waals surface area (Å²) in [4.78, 5) is 17.0. The molecule has 38 heavy (non-hydrogen) atoms. The first kappa shape index (κ1) is 29.7. The molecular weight excluding hydrogens is 488 g/mol. The fourth-order valence-electron chi connectivity index (χ4n) is 5.41. The molecule has 1 aliphatic rings. The molecule has 3 N–H and O–H groups in total. The minimum absolute atomic E-state index is 0.0519. The lowest BCUT2D eigenvalue weighted by molar-refractivity contribution is -0.120. The predicted molar refractivity (Wildman–Crippen MR) is 146 cm³/mol. The summed E-state index contributed by atoms with van der Waals surface area (Å²) in [5.74, 6) is -1.68. The molecule has 0 saturated carbocycles. The Morgan fingerprint density at radius 3 is 2.42 bits per heavy atom. The molecule has 3 rings (SSSR count). The topological polar surface area (TPSA) is 82.9 Å². The largest absolute Gasteiger partial charge is 0.399 e. The zero-order valence-electron chi connectivity index (χ0n) is 23.3. The van der Waals surface area contributed by atoms with Crippen LogP contribution in [-0.4, -0.2) is 42.5 Å². The molecule has 4 unspecified atom stereocenters. The number of aryl methyl sites for hydroxylation is 1. The van der Waals surface area contributed by atoms with Gasteiger partial charge >= 0.3 is 0 Å². The lowest BCUT2D eigenvalue weighted by Gasteiger charge is -2.36. The van der Waals surface area contributed by atoms with Crippen molar-refractivity contribution in [2.45, 2.75) is 78.5 Å². The molecule has 0 radical (unpaired) electrons. The molecule has 0 bridgehead atoms. The minimum Gasteiger partial charge on any atom is -0.399 e. The molecular formula is C30H41F2N3O3. The van der Waals surface area contributed by atoms with Gasteiger partial charge in [-0.2, -0.15) is 0 Å². The van der Waals surface area contributed by atoms with Gasteiger partial charge in [-0.1, -0.05) is 44.1 Å². The monoisotopic (exact) mass is 529 g/mol. The van der Waals surface area contributed by atoms with Crippen molar-refractivity contribution in [3.8, 4) is 0 Å². The van der Waals surface area contributed by atoms with E-state index in [0.29, 0.717) is 5.56 Å². The Morgan fingerprint density at radius 2 is 1.82 bits per heavy atom. The number of carbonyl (C=O) groups excluding carboxylic acids is 1. The van der Waals surface area contributed by atoms with Crippen LogP contribution in [0.25, 0.3) is 0 Å². The maximum absolute atomic E-state index is 13.8. The van der Waals surface area contributed by atoms with Gasteiger partial charge in [0.25, 0.3) is 0 Å².